The van der Waals surface area contributed by atoms with Gasteiger partial charge in [-0.1, -0.05) is 43.9 Å². The summed E-state index contributed by atoms with van der Waals surface area (Å²) in [4.78, 5) is 40.6. The van der Waals surface area contributed by atoms with E-state index >= 15 is 0 Å². The second-order valence-corrected chi connectivity index (χ2v) is 9.44. The van der Waals surface area contributed by atoms with Crippen LogP contribution in [0.1, 0.15) is 51.4 Å². The minimum absolute atomic E-state index is 0.0444. The maximum absolute atomic E-state index is 12.8. The van der Waals surface area contributed by atoms with E-state index in [0.717, 1.165) is 44.9 Å². The highest BCUT2D eigenvalue weighted by Crippen LogP contribution is 2.30. The van der Waals surface area contributed by atoms with E-state index in [0.29, 0.717) is 42.9 Å². The third kappa shape index (κ3) is 7.45. The van der Waals surface area contributed by atoms with Gasteiger partial charge in [-0.15, -0.1) is 0 Å². The molecular formula is C25H38N4O4. The Morgan fingerprint density at radius 3 is 2.55 bits per heavy atom. The number of hydrogen-bond donors (Lipinski definition) is 2. The van der Waals surface area contributed by atoms with E-state index < -0.39 is 5.92 Å². The Morgan fingerprint density at radius 2 is 1.85 bits per heavy atom. The summed E-state index contributed by atoms with van der Waals surface area (Å²) in [7, 11) is 2.10. The Kier molecular flexibility index (Phi) is 9.54. The van der Waals surface area contributed by atoms with E-state index in [9.17, 15) is 19.6 Å². The summed E-state index contributed by atoms with van der Waals surface area (Å²) in [5.74, 6) is -0.431. The molecule has 33 heavy (non-hydrogen) atoms. The first-order valence-electron chi connectivity index (χ1n) is 12.2. The minimum atomic E-state index is -0.510. The molecule has 1 aromatic carbocycles. The van der Waals surface area contributed by atoms with Crippen LogP contribution >= 0.6 is 0 Å². The predicted molar refractivity (Wildman–Crippen MR) is 127 cm³/mol. The van der Waals surface area contributed by atoms with Gasteiger partial charge in [0.15, 0.2) is 0 Å². The third-order valence-electron chi connectivity index (χ3n) is 7.17. The molecule has 0 spiro atoms. The minimum Gasteiger partial charge on any atom is -0.372 e. The number of benzene rings is 1. The number of likely N-dealkylation sites (tertiary alicyclic amines) is 1. The first-order valence-corrected chi connectivity index (χ1v) is 12.2. The van der Waals surface area contributed by atoms with Gasteiger partial charge < -0.3 is 15.1 Å². The summed E-state index contributed by atoms with van der Waals surface area (Å²) >= 11 is 0. The number of hydrogen-bond acceptors (Lipinski definition) is 5. The number of para-hydroxylation sites is 1. The molecule has 0 bridgehead atoms. The molecule has 2 aliphatic rings. The van der Waals surface area contributed by atoms with Crippen molar-refractivity contribution in [2.24, 2.45) is 11.8 Å². The lowest BCUT2D eigenvalue weighted by Gasteiger charge is -2.29. The van der Waals surface area contributed by atoms with Crippen LogP contribution in [0.4, 0.5) is 5.69 Å². The largest absolute Gasteiger partial charge is 0.372 e. The summed E-state index contributed by atoms with van der Waals surface area (Å²) in [5.41, 5.74) is 1.18. The van der Waals surface area contributed by atoms with Gasteiger partial charge in [-0.05, 0) is 43.7 Å². The molecule has 0 aromatic heterocycles. The van der Waals surface area contributed by atoms with Gasteiger partial charge in [-0.3, -0.25) is 19.6 Å². The Bertz CT molecular complexity index is 769. The number of rotatable bonds is 10. The van der Waals surface area contributed by atoms with Crippen molar-refractivity contribution < 1.29 is 19.6 Å². The van der Waals surface area contributed by atoms with Gasteiger partial charge in [0, 0.05) is 31.9 Å². The third-order valence-corrected chi connectivity index (χ3v) is 7.17. The first-order chi connectivity index (χ1) is 16.0. The van der Waals surface area contributed by atoms with Crippen LogP contribution in [0, 0.1) is 11.8 Å². The molecule has 3 amide bonds. The van der Waals surface area contributed by atoms with Crippen molar-refractivity contribution in [1.82, 2.24) is 15.3 Å². The lowest BCUT2D eigenvalue weighted by atomic mass is 9.92. The van der Waals surface area contributed by atoms with Gasteiger partial charge in [-0.2, -0.15) is 0 Å². The standard InChI is InChI=1S/C25H38N4O4/c1-27(22-10-3-2-4-11-22)23-12-7-14-28(15-13-23)24(31)17-26-25(32)21(18-29(33)19-30)16-20-8-5-6-9-20/h2-4,10-11,19-21,23,33H,5-9,12-18H2,1H3,(H,26,32). The molecule has 1 saturated carbocycles. The maximum atomic E-state index is 12.8. The maximum Gasteiger partial charge on any atom is 0.241 e. The van der Waals surface area contributed by atoms with E-state index in [1.807, 2.05) is 23.1 Å². The van der Waals surface area contributed by atoms with Crippen LogP contribution < -0.4 is 10.2 Å². The molecule has 2 atom stereocenters. The molecule has 1 aliphatic heterocycles. The molecular weight excluding hydrogens is 420 g/mol. The smallest absolute Gasteiger partial charge is 0.241 e. The van der Waals surface area contributed by atoms with Gasteiger partial charge in [0.25, 0.3) is 0 Å². The molecule has 182 valence electrons. The zero-order valence-electron chi connectivity index (χ0n) is 19.7. The van der Waals surface area contributed by atoms with Crippen molar-refractivity contribution in [2.45, 2.75) is 57.4 Å². The fourth-order valence-corrected chi connectivity index (χ4v) is 5.19. The number of nitrogens with one attached hydrogen (secondary N) is 1. The molecule has 2 fully saturated rings. The van der Waals surface area contributed by atoms with Crippen LogP contribution in [0.3, 0.4) is 0 Å². The number of amides is 3. The van der Waals surface area contributed by atoms with Crippen LogP contribution in [-0.2, 0) is 14.4 Å². The number of nitrogens with zero attached hydrogens (tertiary/aromatic N) is 3. The van der Waals surface area contributed by atoms with Crippen molar-refractivity contribution in [2.75, 3.05) is 38.1 Å². The Morgan fingerprint density at radius 1 is 1.12 bits per heavy atom. The summed E-state index contributed by atoms with van der Waals surface area (Å²) in [6.45, 7) is 1.26. The van der Waals surface area contributed by atoms with E-state index in [-0.39, 0.29) is 24.9 Å². The van der Waals surface area contributed by atoms with E-state index in [2.05, 4.69) is 29.4 Å². The van der Waals surface area contributed by atoms with Crippen molar-refractivity contribution in [3.8, 4) is 0 Å². The normalized spacial score (nSPS) is 20.1. The van der Waals surface area contributed by atoms with E-state index in [1.165, 1.54) is 5.69 Å². The van der Waals surface area contributed by atoms with Crippen molar-refractivity contribution in [3.63, 3.8) is 0 Å². The predicted octanol–water partition coefficient (Wildman–Crippen LogP) is 2.66. The highest BCUT2D eigenvalue weighted by atomic mass is 16.5. The fourth-order valence-electron chi connectivity index (χ4n) is 5.19. The summed E-state index contributed by atoms with van der Waals surface area (Å²) in [6.07, 6.45) is 8.22. The van der Waals surface area contributed by atoms with Crippen LogP contribution in [0.2, 0.25) is 0 Å². The molecule has 8 nitrogen and oxygen atoms in total. The van der Waals surface area contributed by atoms with Crippen LogP contribution in [-0.4, -0.2) is 72.7 Å². The highest BCUT2D eigenvalue weighted by Gasteiger charge is 2.28. The summed E-state index contributed by atoms with van der Waals surface area (Å²) in [5, 5.41) is 12.9. The lowest BCUT2D eigenvalue weighted by molar-refractivity contribution is -0.155. The van der Waals surface area contributed by atoms with Crippen LogP contribution in [0.15, 0.2) is 30.3 Å². The quantitative estimate of drug-likeness (QED) is 0.319. The number of anilines is 1. The summed E-state index contributed by atoms with van der Waals surface area (Å²) in [6, 6.07) is 10.6. The molecule has 1 aromatic rings. The number of hydroxylamine groups is 2. The van der Waals surface area contributed by atoms with Gasteiger partial charge in [0.1, 0.15) is 0 Å². The molecule has 1 saturated heterocycles. The first kappa shape index (κ1) is 25.0. The average Bonchev–Trinajstić information content (AvgIpc) is 3.23. The van der Waals surface area contributed by atoms with Crippen molar-refractivity contribution >= 4 is 23.9 Å². The highest BCUT2D eigenvalue weighted by molar-refractivity contribution is 5.86. The Hall–Kier alpha value is -2.61. The Balaban J connectivity index is 1.49. The molecule has 2 N–H and O–H groups in total. The van der Waals surface area contributed by atoms with Crippen LogP contribution in [0.25, 0.3) is 0 Å². The van der Waals surface area contributed by atoms with Gasteiger partial charge >= 0.3 is 0 Å². The number of carbonyl (C=O) groups is 3. The van der Waals surface area contributed by atoms with Crippen LogP contribution in [0.5, 0.6) is 0 Å². The summed E-state index contributed by atoms with van der Waals surface area (Å²) < 4.78 is 0. The molecule has 2 unspecified atom stereocenters. The van der Waals surface area contributed by atoms with Gasteiger partial charge in [-0.25, -0.2) is 5.06 Å². The van der Waals surface area contributed by atoms with Gasteiger partial charge in [0.05, 0.1) is 19.0 Å². The molecule has 3 rings (SSSR count). The molecule has 8 heteroatoms. The second kappa shape index (κ2) is 12.6. The van der Waals surface area contributed by atoms with Crippen molar-refractivity contribution in [1.29, 1.82) is 0 Å². The van der Waals surface area contributed by atoms with E-state index in [1.54, 1.807) is 0 Å². The zero-order valence-corrected chi connectivity index (χ0v) is 19.7. The molecule has 1 aliphatic carbocycles. The SMILES string of the molecule is CN(c1ccccc1)C1CCCN(C(=O)CNC(=O)C(CC2CCCC2)CN(O)C=O)CC1. The fraction of sp³-hybridized carbons (Fsp3) is 0.640. The second-order valence-electron chi connectivity index (χ2n) is 9.44. The Labute approximate surface area is 196 Å². The average molecular weight is 459 g/mol. The van der Waals surface area contributed by atoms with E-state index in [4.69, 9.17) is 0 Å². The zero-order chi connectivity index (χ0) is 23.6. The molecule has 1 heterocycles. The monoisotopic (exact) mass is 458 g/mol. The van der Waals surface area contributed by atoms with Crippen molar-refractivity contribution in [3.05, 3.63) is 30.3 Å². The molecule has 0 radical (unpaired) electrons. The number of carbonyl (C=O) groups excluding carboxylic acids is 3. The lowest BCUT2D eigenvalue weighted by Crippen LogP contribution is -2.44. The topological polar surface area (TPSA) is 93.2 Å². The van der Waals surface area contributed by atoms with Gasteiger partial charge in [0.2, 0.25) is 18.2 Å².